The Morgan fingerprint density at radius 2 is 1.90 bits per heavy atom. The molecule has 7 heteroatoms. The van der Waals surface area contributed by atoms with Crippen LogP contribution in [0, 0.1) is 0 Å². The maximum absolute atomic E-state index is 13.3. The molecule has 0 saturated carbocycles. The van der Waals surface area contributed by atoms with Crippen molar-refractivity contribution in [1.82, 2.24) is 4.90 Å². The molecule has 0 bridgehead atoms. The maximum Gasteiger partial charge on any atom is 0.266 e. The largest absolute Gasteiger partial charge is 0.480 e. The second-order valence-corrected chi connectivity index (χ2v) is 8.83. The van der Waals surface area contributed by atoms with E-state index in [1.54, 1.807) is 11.3 Å². The smallest absolute Gasteiger partial charge is 0.266 e. The van der Waals surface area contributed by atoms with Crippen LogP contribution in [0.5, 0.6) is 5.75 Å². The van der Waals surface area contributed by atoms with Gasteiger partial charge in [0.05, 0.1) is 18.8 Å². The van der Waals surface area contributed by atoms with Crippen molar-refractivity contribution in [2.75, 3.05) is 31.6 Å². The average Bonchev–Trinajstić information content (AvgIpc) is 3.35. The highest BCUT2D eigenvalue weighted by molar-refractivity contribution is 7.17. The van der Waals surface area contributed by atoms with Crippen LogP contribution in [0.4, 0.5) is 5.00 Å². The summed E-state index contributed by atoms with van der Waals surface area (Å²) in [5.41, 5.74) is 2.86. The minimum Gasteiger partial charge on any atom is -0.480 e. The SMILES string of the molecule is O=C(Nc1sc2c(c1C(=O)N1CCOCC1)CCCC2)[C@H]1Cc2ccccc2O1. The van der Waals surface area contributed by atoms with E-state index >= 15 is 0 Å². The summed E-state index contributed by atoms with van der Waals surface area (Å²) in [6.45, 7) is 2.32. The molecule has 0 unspecified atom stereocenters. The number of hydrogen-bond donors (Lipinski definition) is 1. The number of amides is 2. The van der Waals surface area contributed by atoms with Crippen LogP contribution in [0.25, 0.3) is 0 Å². The number of hydrogen-bond acceptors (Lipinski definition) is 5. The van der Waals surface area contributed by atoms with E-state index in [-0.39, 0.29) is 11.8 Å². The van der Waals surface area contributed by atoms with Crippen LogP contribution in [-0.4, -0.2) is 49.1 Å². The minimum absolute atomic E-state index is 0.0126. The number of nitrogens with one attached hydrogen (secondary N) is 1. The predicted molar refractivity (Wildman–Crippen MR) is 111 cm³/mol. The molecule has 0 radical (unpaired) electrons. The van der Waals surface area contributed by atoms with Gasteiger partial charge in [-0.25, -0.2) is 0 Å². The van der Waals surface area contributed by atoms with E-state index in [1.807, 2.05) is 29.2 Å². The number of fused-ring (bicyclic) bond motifs is 2. The molecule has 5 rings (SSSR count). The van der Waals surface area contributed by atoms with Crippen molar-refractivity contribution in [3.8, 4) is 5.75 Å². The molecule has 1 aliphatic carbocycles. The molecule has 1 atom stereocenters. The van der Waals surface area contributed by atoms with E-state index < -0.39 is 6.10 Å². The highest BCUT2D eigenvalue weighted by Gasteiger charge is 2.33. The Bertz CT molecular complexity index is 923. The summed E-state index contributed by atoms with van der Waals surface area (Å²) in [5.74, 6) is 0.595. The van der Waals surface area contributed by atoms with Gasteiger partial charge in [-0.1, -0.05) is 18.2 Å². The van der Waals surface area contributed by atoms with E-state index in [0.717, 1.165) is 42.6 Å². The molecule has 3 heterocycles. The molecule has 1 saturated heterocycles. The average molecular weight is 413 g/mol. The summed E-state index contributed by atoms with van der Waals surface area (Å²) in [6.07, 6.45) is 4.09. The molecule has 6 nitrogen and oxygen atoms in total. The summed E-state index contributed by atoms with van der Waals surface area (Å²) in [4.78, 5) is 29.4. The highest BCUT2D eigenvalue weighted by Crippen LogP contribution is 2.39. The number of aryl methyl sites for hydroxylation is 1. The molecular formula is C22H24N2O4S. The first-order chi connectivity index (χ1) is 14.2. The molecule has 2 aliphatic heterocycles. The van der Waals surface area contributed by atoms with Crippen molar-refractivity contribution >= 4 is 28.2 Å². The van der Waals surface area contributed by atoms with Crippen LogP contribution in [0.15, 0.2) is 24.3 Å². The first kappa shape index (κ1) is 18.6. The Morgan fingerprint density at radius 3 is 2.72 bits per heavy atom. The van der Waals surface area contributed by atoms with Crippen LogP contribution >= 0.6 is 11.3 Å². The monoisotopic (exact) mass is 412 g/mol. The molecule has 29 heavy (non-hydrogen) atoms. The Hall–Kier alpha value is -2.38. The lowest BCUT2D eigenvalue weighted by Crippen LogP contribution is -2.41. The van der Waals surface area contributed by atoms with Gasteiger partial charge in [-0.15, -0.1) is 11.3 Å². The quantitative estimate of drug-likeness (QED) is 0.842. The van der Waals surface area contributed by atoms with E-state index in [0.29, 0.717) is 43.3 Å². The zero-order valence-corrected chi connectivity index (χ0v) is 17.1. The Kier molecular flexibility index (Phi) is 5.01. The highest BCUT2D eigenvalue weighted by atomic mass is 32.1. The van der Waals surface area contributed by atoms with Crippen molar-refractivity contribution in [2.24, 2.45) is 0 Å². The summed E-state index contributed by atoms with van der Waals surface area (Å²) < 4.78 is 11.2. The number of thiophene rings is 1. The zero-order valence-electron chi connectivity index (χ0n) is 16.2. The number of carbonyl (C=O) groups is 2. The van der Waals surface area contributed by atoms with Gasteiger partial charge in [-0.2, -0.15) is 0 Å². The molecule has 1 fully saturated rings. The van der Waals surface area contributed by atoms with Crippen LogP contribution in [0.3, 0.4) is 0 Å². The minimum atomic E-state index is -0.558. The van der Waals surface area contributed by atoms with Gasteiger partial charge in [0.25, 0.3) is 11.8 Å². The van der Waals surface area contributed by atoms with Crippen molar-refractivity contribution in [3.63, 3.8) is 0 Å². The fourth-order valence-electron chi connectivity index (χ4n) is 4.33. The van der Waals surface area contributed by atoms with Crippen LogP contribution in [0.1, 0.15) is 39.2 Å². The summed E-state index contributed by atoms with van der Waals surface area (Å²) in [6, 6.07) is 7.74. The van der Waals surface area contributed by atoms with Crippen molar-refractivity contribution in [1.29, 1.82) is 0 Å². The number of ether oxygens (including phenoxy) is 2. The molecule has 152 valence electrons. The van der Waals surface area contributed by atoms with Crippen molar-refractivity contribution in [3.05, 3.63) is 45.8 Å². The van der Waals surface area contributed by atoms with E-state index in [2.05, 4.69) is 5.32 Å². The van der Waals surface area contributed by atoms with Gasteiger partial charge in [-0.05, 0) is 42.9 Å². The molecule has 3 aliphatic rings. The number of para-hydroxylation sites is 1. The van der Waals surface area contributed by atoms with E-state index in [9.17, 15) is 9.59 Å². The van der Waals surface area contributed by atoms with Crippen molar-refractivity contribution in [2.45, 2.75) is 38.2 Å². The van der Waals surface area contributed by atoms with Gasteiger partial charge >= 0.3 is 0 Å². The number of carbonyl (C=O) groups excluding carboxylic acids is 2. The van der Waals surface area contributed by atoms with E-state index in [4.69, 9.17) is 9.47 Å². The number of nitrogens with zero attached hydrogens (tertiary/aromatic N) is 1. The van der Waals surface area contributed by atoms with Crippen LogP contribution < -0.4 is 10.1 Å². The van der Waals surface area contributed by atoms with Gasteiger partial charge in [0.2, 0.25) is 0 Å². The second kappa shape index (κ2) is 7.80. The number of benzene rings is 1. The lowest BCUT2D eigenvalue weighted by Gasteiger charge is -2.27. The Balaban J connectivity index is 1.40. The first-order valence-electron chi connectivity index (χ1n) is 10.3. The van der Waals surface area contributed by atoms with Crippen molar-refractivity contribution < 1.29 is 19.1 Å². The van der Waals surface area contributed by atoms with Gasteiger partial charge < -0.3 is 19.7 Å². The molecule has 2 aromatic rings. The molecule has 2 amide bonds. The lowest BCUT2D eigenvalue weighted by molar-refractivity contribution is -0.122. The molecule has 1 N–H and O–H groups in total. The standard InChI is InChI=1S/C22H24N2O4S/c25-20(17-13-14-5-1-3-7-16(14)28-17)23-21-19(15-6-2-4-8-18(15)29-21)22(26)24-9-11-27-12-10-24/h1,3,5,7,17H,2,4,6,8-13H2,(H,23,25)/t17-/m1/s1. The predicted octanol–water partition coefficient (Wildman–Crippen LogP) is 3.04. The molecular weight excluding hydrogens is 388 g/mol. The lowest BCUT2D eigenvalue weighted by atomic mass is 9.95. The number of anilines is 1. The van der Waals surface area contributed by atoms with Crippen LogP contribution in [0.2, 0.25) is 0 Å². The summed E-state index contributed by atoms with van der Waals surface area (Å²) in [7, 11) is 0. The maximum atomic E-state index is 13.3. The van der Waals surface area contributed by atoms with Gasteiger partial charge in [0.1, 0.15) is 10.8 Å². The van der Waals surface area contributed by atoms with Crippen LogP contribution in [-0.2, 0) is 28.8 Å². The molecule has 1 aromatic carbocycles. The second-order valence-electron chi connectivity index (χ2n) is 7.73. The number of rotatable bonds is 3. The zero-order chi connectivity index (χ0) is 19.8. The van der Waals surface area contributed by atoms with Gasteiger partial charge in [0, 0.05) is 24.4 Å². The Morgan fingerprint density at radius 1 is 1.10 bits per heavy atom. The fourth-order valence-corrected chi connectivity index (χ4v) is 5.61. The third kappa shape index (κ3) is 3.53. The fraction of sp³-hybridized carbons (Fsp3) is 0.455. The third-order valence-electron chi connectivity index (χ3n) is 5.86. The van der Waals surface area contributed by atoms with E-state index in [1.165, 1.54) is 4.88 Å². The third-order valence-corrected chi connectivity index (χ3v) is 7.07. The molecule has 0 spiro atoms. The summed E-state index contributed by atoms with van der Waals surface area (Å²) in [5, 5.41) is 3.72. The van der Waals surface area contributed by atoms with Gasteiger partial charge in [0.15, 0.2) is 6.10 Å². The topological polar surface area (TPSA) is 67.9 Å². The Labute approximate surface area is 173 Å². The molecule has 1 aromatic heterocycles. The number of morpholine rings is 1. The summed E-state index contributed by atoms with van der Waals surface area (Å²) >= 11 is 1.56. The first-order valence-corrected chi connectivity index (χ1v) is 11.1. The normalized spacial score (nSPS) is 20.6. The van der Waals surface area contributed by atoms with Gasteiger partial charge in [-0.3, -0.25) is 9.59 Å².